The van der Waals surface area contributed by atoms with Gasteiger partial charge in [0, 0.05) is 45.7 Å². The van der Waals surface area contributed by atoms with Crippen LogP contribution in [0.3, 0.4) is 0 Å². The molecule has 0 saturated carbocycles. The molecule has 1 aromatic rings. The van der Waals surface area contributed by atoms with Crippen molar-refractivity contribution in [3.8, 4) is 11.5 Å². The van der Waals surface area contributed by atoms with E-state index in [1.165, 1.54) is 0 Å². The largest absolute Gasteiger partial charge is 0.493 e. The quantitative estimate of drug-likeness (QED) is 0.754. The summed E-state index contributed by atoms with van der Waals surface area (Å²) in [6, 6.07) is 5.97. The minimum atomic E-state index is 0. The molecular formula is C18H30ClN3O3. The van der Waals surface area contributed by atoms with Crippen molar-refractivity contribution >= 4 is 18.3 Å². The first-order valence-corrected chi connectivity index (χ1v) is 8.59. The molecule has 1 fully saturated rings. The van der Waals surface area contributed by atoms with Gasteiger partial charge >= 0.3 is 0 Å². The lowest BCUT2D eigenvalue weighted by Gasteiger charge is -2.28. The Hall–Kier alpha value is -1.50. The Morgan fingerprint density at radius 1 is 1.20 bits per heavy atom. The smallest absolute Gasteiger partial charge is 0.223 e. The molecule has 0 radical (unpaired) electrons. The maximum atomic E-state index is 12.3. The van der Waals surface area contributed by atoms with Crippen LogP contribution in [0, 0.1) is 0 Å². The Labute approximate surface area is 156 Å². The Morgan fingerprint density at radius 3 is 2.48 bits per heavy atom. The number of methoxy groups -OCH3 is 2. The van der Waals surface area contributed by atoms with Crippen molar-refractivity contribution in [2.45, 2.75) is 19.9 Å². The molecule has 25 heavy (non-hydrogen) atoms. The predicted octanol–water partition coefficient (Wildman–Crippen LogP) is 1.77. The zero-order chi connectivity index (χ0) is 17.4. The van der Waals surface area contributed by atoms with E-state index in [9.17, 15) is 4.79 Å². The van der Waals surface area contributed by atoms with E-state index in [2.05, 4.69) is 17.1 Å². The Balaban J connectivity index is 0.00000312. The van der Waals surface area contributed by atoms with Crippen LogP contribution in [0.5, 0.6) is 11.5 Å². The molecule has 1 saturated heterocycles. The minimum absolute atomic E-state index is 0. The Kier molecular flexibility index (Phi) is 9.63. The van der Waals surface area contributed by atoms with Gasteiger partial charge in [-0.1, -0.05) is 13.0 Å². The van der Waals surface area contributed by atoms with Crippen LogP contribution in [-0.4, -0.2) is 69.2 Å². The Bertz CT molecular complexity index is 536. The van der Waals surface area contributed by atoms with Gasteiger partial charge in [-0.2, -0.15) is 0 Å². The normalized spacial score (nSPS) is 14.2. The van der Waals surface area contributed by atoms with Gasteiger partial charge < -0.3 is 19.7 Å². The number of rotatable bonds is 8. The molecule has 0 unspecified atom stereocenters. The molecule has 142 valence electrons. The summed E-state index contributed by atoms with van der Waals surface area (Å²) in [6.45, 7) is 8.03. The number of ether oxygens (including phenoxy) is 2. The zero-order valence-corrected chi connectivity index (χ0v) is 16.2. The summed E-state index contributed by atoms with van der Waals surface area (Å²) < 4.78 is 10.6. The summed E-state index contributed by atoms with van der Waals surface area (Å²) in [5, 5.41) is 3.27. The number of piperazine rings is 1. The molecule has 0 spiro atoms. The van der Waals surface area contributed by atoms with Crippen LogP contribution in [0.1, 0.15) is 18.9 Å². The van der Waals surface area contributed by atoms with E-state index in [1.807, 2.05) is 23.1 Å². The highest BCUT2D eigenvalue weighted by atomic mass is 35.5. The standard InChI is InChI=1S/C18H29N3O3.ClH/c1-4-20(10-7-18(22)21-11-8-19-9-12-21)14-15-5-6-16(23-2)17(13-15)24-3;/h5-6,13,19H,4,7-12,14H2,1-3H3;1H. The van der Waals surface area contributed by atoms with E-state index in [0.29, 0.717) is 6.42 Å². The van der Waals surface area contributed by atoms with Crippen molar-refractivity contribution in [3.63, 3.8) is 0 Å². The van der Waals surface area contributed by atoms with Gasteiger partial charge in [-0.3, -0.25) is 9.69 Å². The molecule has 0 atom stereocenters. The minimum Gasteiger partial charge on any atom is -0.493 e. The van der Waals surface area contributed by atoms with Crippen LogP contribution >= 0.6 is 12.4 Å². The number of nitrogens with zero attached hydrogens (tertiary/aromatic N) is 2. The lowest BCUT2D eigenvalue weighted by molar-refractivity contribution is -0.132. The molecule has 1 aliphatic rings. The van der Waals surface area contributed by atoms with Crippen molar-refractivity contribution in [1.29, 1.82) is 0 Å². The third-order valence-electron chi connectivity index (χ3n) is 4.41. The Morgan fingerprint density at radius 2 is 1.88 bits per heavy atom. The number of nitrogens with one attached hydrogen (secondary N) is 1. The number of carbonyl (C=O) groups excluding carboxylic acids is 1. The van der Waals surface area contributed by atoms with Gasteiger partial charge in [-0.05, 0) is 24.2 Å². The third-order valence-corrected chi connectivity index (χ3v) is 4.41. The number of halogens is 1. The van der Waals surface area contributed by atoms with E-state index in [0.717, 1.165) is 62.9 Å². The van der Waals surface area contributed by atoms with Crippen LogP contribution in [-0.2, 0) is 11.3 Å². The highest BCUT2D eigenvalue weighted by molar-refractivity contribution is 5.85. The first-order valence-electron chi connectivity index (χ1n) is 8.59. The number of amides is 1. The molecule has 2 rings (SSSR count). The summed E-state index contributed by atoms with van der Waals surface area (Å²) in [5.74, 6) is 1.73. The lowest BCUT2D eigenvalue weighted by Crippen LogP contribution is -2.47. The van der Waals surface area contributed by atoms with Gasteiger partial charge in [0.15, 0.2) is 11.5 Å². The molecule has 1 heterocycles. The van der Waals surface area contributed by atoms with Gasteiger partial charge in [-0.25, -0.2) is 0 Å². The van der Waals surface area contributed by atoms with Crippen molar-refractivity contribution < 1.29 is 14.3 Å². The van der Waals surface area contributed by atoms with E-state index in [1.54, 1.807) is 14.2 Å². The lowest BCUT2D eigenvalue weighted by atomic mass is 10.1. The highest BCUT2D eigenvalue weighted by Crippen LogP contribution is 2.28. The molecule has 1 aliphatic heterocycles. The maximum absolute atomic E-state index is 12.3. The fraction of sp³-hybridized carbons (Fsp3) is 0.611. The number of hydrogen-bond acceptors (Lipinski definition) is 5. The van der Waals surface area contributed by atoms with Crippen LogP contribution < -0.4 is 14.8 Å². The second-order valence-electron chi connectivity index (χ2n) is 5.94. The van der Waals surface area contributed by atoms with Gasteiger partial charge in [0.1, 0.15) is 0 Å². The summed E-state index contributed by atoms with van der Waals surface area (Å²) in [4.78, 5) is 16.5. The van der Waals surface area contributed by atoms with Gasteiger partial charge in [0.05, 0.1) is 14.2 Å². The third kappa shape index (κ3) is 6.38. The molecule has 0 aromatic heterocycles. The zero-order valence-electron chi connectivity index (χ0n) is 15.4. The first-order chi connectivity index (χ1) is 11.7. The van der Waals surface area contributed by atoms with Crippen LogP contribution in [0.15, 0.2) is 18.2 Å². The topological polar surface area (TPSA) is 54.0 Å². The fourth-order valence-corrected chi connectivity index (χ4v) is 2.91. The molecule has 0 aliphatic carbocycles. The number of carbonyl (C=O) groups is 1. The van der Waals surface area contributed by atoms with Gasteiger partial charge in [0.25, 0.3) is 0 Å². The average molecular weight is 372 g/mol. The van der Waals surface area contributed by atoms with Gasteiger partial charge in [0.2, 0.25) is 5.91 Å². The van der Waals surface area contributed by atoms with E-state index in [4.69, 9.17) is 9.47 Å². The average Bonchev–Trinajstić information content (AvgIpc) is 2.65. The van der Waals surface area contributed by atoms with Crippen molar-refractivity contribution in [2.24, 2.45) is 0 Å². The van der Waals surface area contributed by atoms with Crippen LogP contribution in [0.2, 0.25) is 0 Å². The van der Waals surface area contributed by atoms with E-state index < -0.39 is 0 Å². The summed E-state index contributed by atoms with van der Waals surface area (Å²) in [6.07, 6.45) is 0.571. The first kappa shape index (κ1) is 21.5. The van der Waals surface area contributed by atoms with Crippen molar-refractivity contribution in [2.75, 3.05) is 53.5 Å². The monoisotopic (exact) mass is 371 g/mol. The molecule has 6 nitrogen and oxygen atoms in total. The maximum Gasteiger partial charge on any atom is 0.223 e. The van der Waals surface area contributed by atoms with Crippen molar-refractivity contribution in [1.82, 2.24) is 15.1 Å². The van der Waals surface area contributed by atoms with Gasteiger partial charge in [-0.15, -0.1) is 12.4 Å². The molecular weight excluding hydrogens is 342 g/mol. The molecule has 7 heteroatoms. The van der Waals surface area contributed by atoms with Crippen LogP contribution in [0.25, 0.3) is 0 Å². The fourth-order valence-electron chi connectivity index (χ4n) is 2.91. The molecule has 1 N–H and O–H groups in total. The van der Waals surface area contributed by atoms with Crippen LogP contribution in [0.4, 0.5) is 0 Å². The SMILES string of the molecule is CCN(CCC(=O)N1CCNCC1)Cc1ccc(OC)c(OC)c1.Cl. The number of hydrogen-bond donors (Lipinski definition) is 1. The second kappa shape index (κ2) is 11.2. The predicted molar refractivity (Wildman–Crippen MR) is 102 cm³/mol. The molecule has 0 bridgehead atoms. The van der Waals surface area contributed by atoms with Crippen molar-refractivity contribution in [3.05, 3.63) is 23.8 Å². The number of benzene rings is 1. The summed E-state index contributed by atoms with van der Waals surface area (Å²) in [7, 11) is 3.28. The summed E-state index contributed by atoms with van der Waals surface area (Å²) >= 11 is 0. The summed E-state index contributed by atoms with van der Waals surface area (Å²) in [5.41, 5.74) is 1.16. The molecule has 1 aromatic carbocycles. The molecule has 1 amide bonds. The highest BCUT2D eigenvalue weighted by Gasteiger charge is 2.17. The van der Waals surface area contributed by atoms with E-state index >= 15 is 0 Å². The second-order valence-corrected chi connectivity index (χ2v) is 5.94. The van der Waals surface area contributed by atoms with E-state index in [-0.39, 0.29) is 18.3 Å².